The first-order valence-corrected chi connectivity index (χ1v) is 4.78. The van der Waals surface area contributed by atoms with Crippen LogP contribution >= 0.6 is 0 Å². The van der Waals surface area contributed by atoms with Gasteiger partial charge in [0.25, 0.3) is 11.2 Å². The van der Waals surface area contributed by atoms with Crippen molar-refractivity contribution in [2.24, 2.45) is 0 Å². The Morgan fingerprint density at radius 1 is 1.29 bits per heavy atom. The normalized spacial score (nSPS) is 19.3. The summed E-state index contributed by atoms with van der Waals surface area (Å²) in [5.41, 5.74) is 0. The number of carbonyl (C=O) groups excluding carboxylic acids is 1. The van der Waals surface area contributed by atoms with Crippen molar-refractivity contribution in [1.82, 2.24) is 0 Å². The highest BCUT2D eigenvalue weighted by Gasteiger charge is 2.36. The molecule has 80 valence electrons. The van der Waals surface area contributed by atoms with Crippen LogP contribution in [0, 0.1) is 0 Å². The second-order valence-corrected chi connectivity index (χ2v) is 3.77. The Labute approximate surface area is 81.8 Å². The van der Waals surface area contributed by atoms with Crippen LogP contribution in [0.25, 0.3) is 0 Å². The van der Waals surface area contributed by atoms with Gasteiger partial charge < -0.3 is 20.1 Å². The number of carboxylic acids is 2. The van der Waals surface area contributed by atoms with Gasteiger partial charge in [0, 0.05) is 6.42 Å². The van der Waals surface area contributed by atoms with Gasteiger partial charge in [-0.3, -0.25) is 0 Å². The Bertz CT molecular complexity index is 220. The molecule has 0 aliphatic carbocycles. The zero-order valence-corrected chi connectivity index (χ0v) is 7.78. The standard InChI is InChI=1S/C4H6O3S.C2H2O4/c5-4(6)8-3-1-2-7-8;3-1(4)2(5)6/h1-3H2;(H,3,4)(H,5,6). The predicted molar refractivity (Wildman–Crippen MR) is 43.5 cm³/mol. The van der Waals surface area contributed by atoms with Crippen LogP contribution in [0.3, 0.4) is 0 Å². The van der Waals surface area contributed by atoms with E-state index in [2.05, 4.69) is 0 Å². The highest BCUT2D eigenvalue weighted by Crippen LogP contribution is 2.10. The van der Waals surface area contributed by atoms with Crippen LogP contribution in [0.15, 0.2) is 0 Å². The molecule has 0 bridgehead atoms. The van der Waals surface area contributed by atoms with E-state index < -0.39 is 28.4 Å². The van der Waals surface area contributed by atoms with Crippen LogP contribution in [-0.2, 0) is 24.9 Å². The van der Waals surface area contributed by atoms with Crippen molar-refractivity contribution in [1.29, 1.82) is 0 Å². The fraction of sp³-hybridized carbons (Fsp3) is 0.500. The first-order chi connectivity index (χ1) is 6.45. The molecule has 0 aromatic heterocycles. The molecule has 0 aromatic rings. The van der Waals surface area contributed by atoms with Crippen LogP contribution < -0.4 is 5.11 Å². The minimum absolute atomic E-state index is 0.620. The quantitative estimate of drug-likeness (QED) is 0.376. The molecule has 8 heteroatoms. The molecule has 0 saturated carbocycles. The minimum Gasteiger partial charge on any atom is -0.539 e. The van der Waals surface area contributed by atoms with Gasteiger partial charge in [0.15, 0.2) is 11.7 Å². The number of carbonyl (C=O) groups is 3. The number of hydrogen-bond donors (Lipinski definition) is 2. The fourth-order valence-corrected chi connectivity index (χ4v) is 1.64. The number of rotatable bonds is 0. The molecular formula is C6H8O7S. The maximum Gasteiger partial charge on any atom is 0.558 e. The molecule has 7 nitrogen and oxygen atoms in total. The number of aliphatic carboxylic acids is 2. The Morgan fingerprint density at radius 3 is 1.93 bits per heavy atom. The molecule has 1 atom stereocenters. The molecule has 1 unspecified atom stereocenters. The fourth-order valence-electron chi connectivity index (χ4n) is 0.546. The molecule has 14 heavy (non-hydrogen) atoms. The first kappa shape index (κ1) is 12.7. The van der Waals surface area contributed by atoms with Gasteiger partial charge in [0.1, 0.15) is 6.61 Å². The van der Waals surface area contributed by atoms with E-state index in [-0.39, 0.29) is 0 Å². The Kier molecular flexibility index (Phi) is 5.65. The third kappa shape index (κ3) is 5.38. The van der Waals surface area contributed by atoms with E-state index in [0.29, 0.717) is 12.4 Å². The highest BCUT2D eigenvalue weighted by atomic mass is 32.2. The van der Waals surface area contributed by atoms with Crippen molar-refractivity contribution in [3.8, 4) is 0 Å². The lowest BCUT2D eigenvalue weighted by molar-refractivity contribution is -0.303. The average Bonchev–Trinajstić information content (AvgIpc) is 2.56. The summed E-state index contributed by atoms with van der Waals surface area (Å²) in [7, 11) is 0. The first-order valence-electron chi connectivity index (χ1n) is 3.46. The molecular weight excluding hydrogens is 216 g/mol. The highest BCUT2D eigenvalue weighted by molar-refractivity contribution is 8.06. The predicted octanol–water partition coefficient (Wildman–Crippen LogP) is -1.56. The van der Waals surface area contributed by atoms with Crippen molar-refractivity contribution in [3.63, 3.8) is 0 Å². The maximum atomic E-state index is 10.1. The Balaban J connectivity index is 0.000000255. The third-order valence-corrected chi connectivity index (χ3v) is 2.57. The van der Waals surface area contributed by atoms with Crippen LogP contribution in [0.2, 0.25) is 0 Å². The van der Waals surface area contributed by atoms with Crippen molar-refractivity contribution in [2.75, 3.05) is 12.4 Å². The Morgan fingerprint density at radius 2 is 1.79 bits per heavy atom. The van der Waals surface area contributed by atoms with E-state index in [4.69, 9.17) is 29.1 Å². The van der Waals surface area contributed by atoms with E-state index >= 15 is 0 Å². The molecule has 1 heterocycles. The summed E-state index contributed by atoms with van der Waals surface area (Å²) in [6, 6.07) is 0. The monoisotopic (exact) mass is 224 g/mol. The smallest absolute Gasteiger partial charge is 0.539 e. The van der Waals surface area contributed by atoms with E-state index in [0.717, 1.165) is 6.42 Å². The lowest BCUT2D eigenvalue weighted by Crippen LogP contribution is -2.30. The van der Waals surface area contributed by atoms with Crippen molar-refractivity contribution >= 4 is 28.4 Å². The van der Waals surface area contributed by atoms with Gasteiger partial charge in [-0.1, -0.05) is 0 Å². The van der Waals surface area contributed by atoms with Gasteiger partial charge in [0.05, 0.1) is 0 Å². The molecule has 1 fully saturated rings. The molecule has 1 saturated heterocycles. The molecule has 0 aromatic carbocycles. The van der Waals surface area contributed by atoms with Gasteiger partial charge in [-0.15, -0.1) is 0 Å². The largest absolute Gasteiger partial charge is 0.558 e. The summed E-state index contributed by atoms with van der Waals surface area (Å²) in [6.07, 6.45) is 0.898. The summed E-state index contributed by atoms with van der Waals surface area (Å²) >= 11 is -0.762. The summed E-state index contributed by atoms with van der Waals surface area (Å²) in [6.45, 7) is 0.620. The zero-order chi connectivity index (χ0) is 11.1. The summed E-state index contributed by atoms with van der Waals surface area (Å²) in [5, 5.41) is 23.8. The summed E-state index contributed by atoms with van der Waals surface area (Å²) < 4.78 is 4.84. The van der Waals surface area contributed by atoms with Crippen LogP contribution in [0.5, 0.6) is 0 Å². The second kappa shape index (κ2) is 6.22. The minimum atomic E-state index is -2.07. The van der Waals surface area contributed by atoms with Crippen LogP contribution in [-0.4, -0.2) is 39.8 Å². The topological polar surface area (TPSA) is 124 Å². The summed E-state index contributed by atoms with van der Waals surface area (Å²) in [5.74, 6) is -3.31. The average molecular weight is 224 g/mol. The summed E-state index contributed by atoms with van der Waals surface area (Å²) in [4.78, 5) is 28.1. The zero-order valence-electron chi connectivity index (χ0n) is 6.97. The van der Waals surface area contributed by atoms with E-state index in [1.165, 1.54) is 0 Å². The molecule has 1 aliphatic rings. The molecule has 2 N–H and O–H groups in total. The maximum absolute atomic E-state index is 10.1. The Hall–Kier alpha value is -1.28. The molecule has 1 aliphatic heterocycles. The molecule has 1 rings (SSSR count). The van der Waals surface area contributed by atoms with Crippen molar-refractivity contribution in [2.45, 2.75) is 6.42 Å². The lowest BCUT2D eigenvalue weighted by atomic mass is 10.5. The third-order valence-electron chi connectivity index (χ3n) is 1.07. The second-order valence-electron chi connectivity index (χ2n) is 2.08. The SMILES string of the molecule is O=C(O)[S+]1CCCO1.O=C([O-])C(=O)O. The van der Waals surface area contributed by atoms with Crippen molar-refractivity contribution in [3.05, 3.63) is 0 Å². The lowest BCUT2D eigenvalue weighted by Gasteiger charge is -1.85. The van der Waals surface area contributed by atoms with Crippen LogP contribution in [0.1, 0.15) is 6.42 Å². The van der Waals surface area contributed by atoms with E-state index in [9.17, 15) is 4.79 Å². The van der Waals surface area contributed by atoms with Crippen LogP contribution in [0.4, 0.5) is 4.79 Å². The van der Waals surface area contributed by atoms with Gasteiger partial charge in [-0.25, -0.2) is 4.79 Å². The van der Waals surface area contributed by atoms with Gasteiger partial charge in [-0.2, -0.15) is 8.98 Å². The molecule has 0 spiro atoms. The van der Waals surface area contributed by atoms with Crippen molar-refractivity contribution < 1.29 is 33.9 Å². The van der Waals surface area contributed by atoms with E-state index in [1.54, 1.807) is 0 Å². The number of carboxylic acid groups (broad SMARTS) is 3. The number of hydrogen-bond acceptors (Lipinski definition) is 5. The molecule has 0 radical (unpaired) electrons. The van der Waals surface area contributed by atoms with E-state index in [1.807, 2.05) is 0 Å². The van der Waals surface area contributed by atoms with Gasteiger partial charge >= 0.3 is 11.3 Å². The van der Waals surface area contributed by atoms with Gasteiger partial charge in [0.2, 0.25) is 0 Å². The molecule has 0 amide bonds. The van der Waals surface area contributed by atoms with Gasteiger partial charge in [-0.05, 0) is 0 Å².